The summed E-state index contributed by atoms with van der Waals surface area (Å²) in [5.41, 5.74) is 1.83. The molecule has 1 spiro atoms. The first-order valence-corrected chi connectivity index (χ1v) is 10.8. The Labute approximate surface area is 187 Å². The van der Waals surface area contributed by atoms with Gasteiger partial charge in [-0.1, -0.05) is 30.3 Å². The maximum atomic E-state index is 12.8. The van der Waals surface area contributed by atoms with E-state index in [0.717, 1.165) is 50.0 Å². The first kappa shape index (κ1) is 22.3. The van der Waals surface area contributed by atoms with E-state index in [4.69, 9.17) is 9.47 Å². The zero-order valence-electron chi connectivity index (χ0n) is 17.3. The molecule has 2 saturated heterocycles. The van der Waals surface area contributed by atoms with Gasteiger partial charge in [0.2, 0.25) is 0 Å². The lowest BCUT2D eigenvalue weighted by Crippen LogP contribution is -2.48. The molecule has 3 aliphatic rings. The topological polar surface area (TPSA) is 39.7 Å². The molecule has 1 aliphatic carbocycles. The van der Waals surface area contributed by atoms with Crippen molar-refractivity contribution in [1.29, 1.82) is 0 Å². The minimum absolute atomic E-state index is 0. The highest BCUT2D eigenvalue weighted by molar-refractivity contribution is 5.85. The third-order valence-corrected chi connectivity index (χ3v) is 6.41. The van der Waals surface area contributed by atoms with Crippen LogP contribution in [0.3, 0.4) is 0 Å². The number of hydrogen-bond donors (Lipinski definition) is 1. The van der Waals surface area contributed by atoms with E-state index in [9.17, 15) is 8.78 Å². The summed E-state index contributed by atoms with van der Waals surface area (Å²) in [5, 5.41) is 3.65. The summed E-state index contributed by atoms with van der Waals surface area (Å²) >= 11 is 0. The number of nitrogens with one attached hydrogen (secondary N) is 1. The zero-order valence-corrected chi connectivity index (χ0v) is 18.1. The molecular weight excluding hydrogens is 424 g/mol. The summed E-state index contributed by atoms with van der Waals surface area (Å²) in [6.45, 7) is -1.34. The predicted octanol–water partition coefficient (Wildman–Crippen LogP) is 5.62. The van der Waals surface area contributed by atoms with Crippen molar-refractivity contribution in [1.82, 2.24) is 5.32 Å². The van der Waals surface area contributed by atoms with Gasteiger partial charge in [-0.2, -0.15) is 8.78 Å². The van der Waals surface area contributed by atoms with E-state index in [1.54, 1.807) is 18.2 Å². The number of alkyl halides is 2. The van der Waals surface area contributed by atoms with Crippen molar-refractivity contribution in [3.8, 4) is 11.5 Å². The normalized spacial score (nSPS) is 27.8. The van der Waals surface area contributed by atoms with Gasteiger partial charge >= 0.3 is 6.61 Å². The molecule has 4 nitrogen and oxygen atoms in total. The van der Waals surface area contributed by atoms with Crippen molar-refractivity contribution in [3.63, 3.8) is 0 Å². The second-order valence-corrected chi connectivity index (χ2v) is 8.57. The van der Waals surface area contributed by atoms with Gasteiger partial charge in [0.05, 0.1) is 24.4 Å². The molecule has 2 heterocycles. The van der Waals surface area contributed by atoms with Crippen molar-refractivity contribution in [2.45, 2.75) is 62.4 Å². The molecule has 0 aromatic heterocycles. The minimum atomic E-state index is -2.84. The number of ether oxygens (including phenoxy) is 3. The second kappa shape index (κ2) is 9.31. The summed E-state index contributed by atoms with van der Waals surface area (Å²) in [6.07, 6.45) is 5.16. The van der Waals surface area contributed by atoms with Crippen LogP contribution in [0.15, 0.2) is 48.5 Å². The highest BCUT2D eigenvalue weighted by Gasteiger charge is 2.49. The van der Waals surface area contributed by atoms with Gasteiger partial charge in [-0.15, -0.1) is 12.4 Å². The second-order valence-electron chi connectivity index (χ2n) is 8.57. The largest absolute Gasteiger partial charge is 0.490 e. The number of benzene rings is 2. The number of halogens is 3. The number of rotatable bonds is 6. The van der Waals surface area contributed by atoms with Gasteiger partial charge in [0.15, 0.2) is 0 Å². The van der Waals surface area contributed by atoms with Gasteiger partial charge in [-0.25, -0.2) is 0 Å². The standard InChI is InChI=1S/C24H27F2NO3.ClH/c25-23(26)30-19-9-10-21(29-18-7-8-18)20(13-19)17-14-24(28-15-17)11-4-12-27-22(24)16-5-2-1-3-6-16;/h1-3,5-6,9-10,13,17-18,22-23,27H,4,7-8,11-12,14-15H2;1H/t17-,22-,24+;/m0./s1. The molecule has 0 radical (unpaired) electrons. The SMILES string of the molecule is Cl.FC(F)Oc1ccc(OC2CC2)c([C@@H]2CO[C@]3(CCCN[C@H]3c3ccccc3)C2)c1. The number of piperidine rings is 1. The molecule has 3 atom stereocenters. The van der Waals surface area contributed by atoms with E-state index in [2.05, 4.69) is 34.3 Å². The van der Waals surface area contributed by atoms with Gasteiger partial charge in [-0.05, 0) is 62.4 Å². The summed E-state index contributed by atoms with van der Waals surface area (Å²) in [4.78, 5) is 0. The highest BCUT2D eigenvalue weighted by atomic mass is 35.5. The molecule has 0 unspecified atom stereocenters. The Hall–Kier alpha value is -1.89. The maximum Gasteiger partial charge on any atom is 0.387 e. The Morgan fingerprint density at radius 1 is 1.10 bits per heavy atom. The molecular formula is C24H28ClF2NO3. The Balaban J connectivity index is 0.00000231. The van der Waals surface area contributed by atoms with Crippen LogP contribution in [0.25, 0.3) is 0 Å². The van der Waals surface area contributed by atoms with Crippen LogP contribution >= 0.6 is 12.4 Å². The first-order chi connectivity index (χ1) is 14.6. The molecule has 5 rings (SSSR count). The van der Waals surface area contributed by atoms with Crippen molar-refractivity contribution in [2.75, 3.05) is 13.2 Å². The van der Waals surface area contributed by atoms with E-state index in [-0.39, 0.29) is 41.8 Å². The van der Waals surface area contributed by atoms with Crippen LogP contribution in [0.5, 0.6) is 11.5 Å². The molecule has 31 heavy (non-hydrogen) atoms. The van der Waals surface area contributed by atoms with Crippen molar-refractivity contribution in [3.05, 3.63) is 59.7 Å². The summed E-state index contributed by atoms with van der Waals surface area (Å²) in [7, 11) is 0. The lowest BCUT2D eigenvalue weighted by molar-refractivity contribution is -0.0499. The van der Waals surface area contributed by atoms with E-state index in [0.29, 0.717) is 6.61 Å². The Bertz CT molecular complexity index is 880. The molecule has 7 heteroatoms. The van der Waals surface area contributed by atoms with Crippen LogP contribution in [-0.2, 0) is 4.74 Å². The third kappa shape index (κ3) is 4.81. The lowest BCUT2D eigenvalue weighted by Gasteiger charge is -2.41. The van der Waals surface area contributed by atoms with Crippen LogP contribution in [0.2, 0.25) is 0 Å². The average molecular weight is 452 g/mol. The molecule has 0 bridgehead atoms. The van der Waals surface area contributed by atoms with Gasteiger partial charge < -0.3 is 19.5 Å². The molecule has 2 aromatic rings. The number of hydrogen-bond acceptors (Lipinski definition) is 4. The molecule has 1 N–H and O–H groups in total. The molecule has 0 amide bonds. The fraction of sp³-hybridized carbons (Fsp3) is 0.500. The fourth-order valence-corrected chi connectivity index (χ4v) is 4.90. The molecule has 2 aromatic carbocycles. The van der Waals surface area contributed by atoms with E-state index < -0.39 is 6.61 Å². The lowest BCUT2D eigenvalue weighted by atomic mass is 9.77. The Kier molecular flexibility index (Phi) is 6.70. The minimum Gasteiger partial charge on any atom is -0.490 e. The van der Waals surface area contributed by atoms with Crippen LogP contribution in [0.1, 0.15) is 55.2 Å². The predicted molar refractivity (Wildman–Crippen MR) is 116 cm³/mol. The monoisotopic (exact) mass is 451 g/mol. The van der Waals surface area contributed by atoms with Crippen LogP contribution in [0, 0.1) is 0 Å². The Morgan fingerprint density at radius 3 is 2.65 bits per heavy atom. The van der Waals surface area contributed by atoms with Crippen LogP contribution < -0.4 is 14.8 Å². The fourth-order valence-electron chi connectivity index (χ4n) is 4.90. The van der Waals surface area contributed by atoms with E-state index >= 15 is 0 Å². The molecule has 2 aliphatic heterocycles. The summed E-state index contributed by atoms with van der Waals surface area (Å²) < 4.78 is 42.9. The average Bonchev–Trinajstić information content (AvgIpc) is 3.48. The smallest absolute Gasteiger partial charge is 0.387 e. The first-order valence-electron chi connectivity index (χ1n) is 10.8. The zero-order chi connectivity index (χ0) is 20.6. The van der Waals surface area contributed by atoms with Gasteiger partial charge in [0.25, 0.3) is 0 Å². The van der Waals surface area contributed by atoms with Crippen molar-refractivity contribution in [2.24, 2.45) is 0 Å². The van der Waals surface area contributed by atoms with Crippen molar-refractivity contribution < 1.29 is 23.0 Å². The van der Waals surface area contributed by atoms with Gasteiger partial charge in [0, 0.05) is 11.5 Å². The molecule has 168 valence electrons. The highest BCUT2D eigenvalue weighted by Crippen LogP contribution is 2.50. The van der Waals surface area contributed by atoms with Gasteiger partial charge in [0.1, 0.15) is 11.5 Å². The van der Waals surface area contributed by atoms with Crippen LogP contribution in [-0.4, -0.2) is 31.5 Å². The summed E-state index contributed by atoms with van der Waals surface area (Å²) in [5.74, 6) is 1.02. The third-order valence-electron chi connectivity index (χ3n) is 6.41. The van der Waals surface area contributed by atoms with Crippen LogP contribution in [0.4, 0.5) is 8.78 Å². The molecule has 3 fully saturated rings. The van der Waals surface area contributed by atoms with E-state index in [1.807, 2.05) is 6.07 Å². The molecule has 1 saturated carbocycles. The quantitative estimate of drug-likeness (QED) is 0.619. The van der Waals surface area contributed by atoms with Gasteiger partial charge in [-0.3, -0.25) is 0 Å². The van der Waals surface area contributed by atoms with E-state index in [1.165, 1.54) is 5.56 Å². The van der Waals surface area contributed by atoms with Crippen molar-refractivity contribution >= 4 is 12.4 Å². The maximum absolute atomic E-state index is 12.8. The Morgan fingerprint density at radius 2 is 1.90 bits per heavy atom. The summed E-state index contributed by atoms with van der Waals surface area (Å²) in [6, 6.07) is 15.6.